The molecule has 0 amide bonds. The van der Waals surface area contributed by atoms with Gasteiger partial charge in [-0.1, -0.05) is 18.2 Å². The molecule has 1 aromatic carbocycles. The van der Waals surface area contributed by atoms with Crippen molar-refractivity contribution in [2.75, 3.05) is 0 Å². The summed E-state index contributed by atoms with van der Waals surface area (Å²) in [6.45, 7) is 0. The number of rotatable bonds is 0. The second-order valence-corrected chi connectivity index (χ2v) is 15.4. The van der Waals surface area contributed by atoms with Crippen LogP contribution < -0.4 is 0 Å². The van der Waals surface area contributed by atoms with Gasteiger partial charge in [-0.15, -0.1) is 0 Å². The minimum absolute atomic E-state index is 0.250. The summed E-state index contributed by atoms with van der Waals surface area (Å²) in [5.74, 6) is -0.303. The van der Waals surface area contributed by atoms with Crippen LogP contribution in [0.15, 0.2) is 24.3 Å². The Hall–Kier alpha value is 0.733. The molecule has 1 radical (unpaired) electrons. The zero-order valence-electron chi connectivity index (χ0n) is 5.15. The van der Waals surface area contributed by atoms with Gasteiger partial charge in [-0.05, 0) is 6.07 Å². The van der Waals surface area contributed by atoms with E-state index in [2.05, 4.69) is 33.3 Å². The van der Waals surface area contributed by atoms with Crippen molar-refractivity contribution in [1.82, 2.24) is 0 Å². The predicted octanol–water partition coefficient (Wildman–Crippen LogP) is 3.31. The molecular formula is C6H4Br2FZn. The zero-order chi connectivity index (χ0) is 7.82. The number of halogens is 3. The second kappa shape index (κ2) is 7.84. The van der Waals surface area contributed by atoms with E-state index in [1.165, 1.54) is 12.1 Å². The average Bonchev–Trinajstić information content (AvgIpc) is 1.91. The van der Waals surface area contributed by atoms with Crippen molar-refractivity contribution in [2.24, 2.45) is 0 Å². The third-order valence-corrected chi connectivity index (χ3v) is 0.671. The van der Waals surface area contributed by atoms with Crippen molar-refractivity contribution in [1.29, 1.82) is 0 Å². The molecule has 0 aliphatic heterocycles. The summed E-state index contributed by atoms with van der Waals surface area (Å²) >= 11 is 6.25. The van der Waals surface area contributed by atoms with Gasteiger partial charge >= 0.3 is 40.5 Å². The summed E-state index contributed by atoms with van der Waals surface area (Å²) in [4.78, 5) is 0. The average molecular weight is 320 g/mol. The molecule has 51 valence electrons. The van der Waals surface area contributed by atoms with Gasteiger partial charge in [0.1, 0.15) is 5.82 Å². The van der Waals surface area contributed by atoms with E-state index in [9.17, 15) is 4.39 Å². The van der Waals surface area contributed by atoms with Crippen molar-refractivity contribution >= 4 is 27.2 Å². The maximum absolute atomic E-state index is 11.9. The Kier molecular flexibility index (Phi) is 8.41. The predicted molar refractivity (Wildman–Crippen MR) is 43.1 cm³/mol. The maximum atomic E-state index is 11.9. The first kappa shape index (κ1) is 10.7. The molecule has 0 saturated carbocycles. The molecule has 1 aromatic rings. The van der Waals surface area contributed by atoms with Crippen LogP contribution >= 0.6 is 27.2 Å². The fraction of sp³-hybridized carbons (Fsp3) is 0. The van der Waals surface area contributed by atoms with E-state index in [1.54, 1.807) is 12.1 Å². The molecule has 4 heteroatoms. The molecule has 0 nitrogen and oxygen atoms in total. The van der Waals surface area contributed by atoms with Crippen LogP contribution in [0.1, 0.15) is 0 Å². The Morgan fingerprint density at radius 1 is 1.40 bits per heavy atom. The molecule has 0 aliphatic carbocycles. The van der Waals surface area contributed by atoms with Crippen LogP contribution in [0.4, 0.5) is 4.39 Å². The third-order valence-electron chi connectivity index (χ3n) is 0.671. The first-order valence-corrected chi connectivity index (χ1v) is 16.4. The number of hydrogen-bond acceptors (Lipinski definition) is 0. The first-order valence-electron chi connectivity index (χ1n) is 2.55. The molecule has 1 rings (SSSR count). The van der Waals surface area contributed by atoms with E-state index in [4.69, 9.17) is 0 Å². The fourth-order valence-corrected chi connectivity index (χ4v) is 0.371. The van der Waals surface area contributed by atoms with E-state index in [0.29, 0.717) is 0 Å². The Balaban J connectivity index is 0.000000236. The summed E-state index contributed by atoms with van der Waals surface area (Å²) in [6, 6.07) is 8.62. The molecule has 0 saturated heterocycles. The van der Waals surface area contributed by atoms with E-state index < -0.39 is 0 Å². The Morgan fingerprint density at radius 3 is 2.20 bits per heavy atom. The molecule has 10 heavy (non-hydrogen) atoms. The van der Waals surface area contributed by atoms with Crippen LogP contribution in [0.5, 0.6) is 0 Å². The van der Waals surface area contributed by atoms with Crippen LogP contribution in [0.3, 0.4) is 0 Å². The van der Waals surface area contributed by atoms with Crippen LogP contribution in [-0.2, 0) is 13.2 Å². The number of hydrogen-bond donors (Lipinski definition) is 0. The van der Waals surface area contributed by atoms with Crippen molar-refractivity contribution < 1.29 is 17.6 Å². The number of benzene rings is 1. The van der Waals surface area contributed by atoms with Crippen LogP contribution in [0.2, 0.25) is 0 Å². The molecular weight excluding hydrogens is 316 g/mol. The van der Waals surface area contributed by atoms with E-state index in [0.717, 1.165) is 0 Å². The van der Waals surface area contributed by atoms with E-state index in [-0.39, 0.29) is 19.0 Å². The summed E-state index contributed by atoms with van der Waals surface area (Å²) in [7, 11) is 0. The molecule has 0 fully saturated rings. The van der Waals surface area contributed by atoms with Gasteiger partial charge < -0.3 is 0 Å². The Labute approximate surface area is 80.5 Å². The Morgan fingerprint density at radius 2 is 2.00 bits per heavy atom. The van der Waals surface area contributed by atoms with Gasteiger partial charge in [-0.3, -0.25) is 0 Å². The van der Waals surface area contributed by atoms with Gasteiger partial charge in [0.2, 0.25) is 0 Å². The quantitative estimate of drug-likeness (QED) is 0.644. The Bertz CT molecular complexity index is 157. The molecule has 0 N–H and O–H groups in total. The van der Waals surface area contributed by atoms with Gasteiger partial charge in [0, 0.05) is 6.07 Å². The first-order chi connectivity index (χ1) is 4.81. The second-order valence-electron chi connectivity index (χ2n) is 1.31. The normalized spacial score (nSPS) is 7.10. The van der Waals surface area contributed by atoms with Gasteiger partial charge in [-0.2, -0.15) is 0 Å². The van der Waals surface area contributed by atoms with Gasteiger partial charge in [-0.25, -0.2) is 4.39 Å². The van der Waals surface area contributed by atoms with E-state index in [1.807, 2.05) is 0 Å². The topological polar surface area (TPSA) is 0 Å². The van der Waals surface area contributed by atoms with Gasteiger partial charge in [0.05, 0.1) is 0 Å². The minimum atomic E-state index is -0.303. The standard InChI is InChI=1S/C6H4F.2BrH.Zn/c7-6-4-2-1-3-5-6;;;/h1-4H;2*1H;/q;;;+2/p-2. The molecule has 0 atom stereocenters. The van der Waals surface area contributed by atoms with Gasteiger partial charge in [0.25, 0.3) is 0 Å². The van der Waals surface area contributed by atoms with Crippen molar-refractivity contribution in [3.8, 4) is 0 Å². The van der Waals surface area contributed by atoms with Crippen LogP contribution in [0.25, 0.3) is 0 Å². The van der Waals surface area contributed by atoms with E-state index >= 15 is 0 Å². The molecule has 0 bridgehead atoms. The fourth-order valence-electron chi connectivity index (χ4n) is 0.371. The van der Waals surface area contributed by atoms with Crippen molar-refractivity contribution in [3.05, 3.63) is 36.1 Å². The molecule has 0 spiro atoms. The SMILES string of the molecule is Fc1[c]cccc1.[Br][Zn][Br]. The molecule has 0 aliphatic rings. The van der Waals surface area contributed by atoms with Crippen molar-refractivity contribution in [2.45, 2.75) is 0 Å². The zero-order valence-corrected chi connectivity index (χ0v) is 11.3. The van der Waals surface area contributed by atoms with Crippen LogP contribution in [-0.4, -0.2) is 0 Å². The summed E-state index contributed by atoms with van der Waals surface area (Å²) < 4.78 is 11.9. The molecule has 0 unspecified atom stereocenters. The molecule has 0 aromatic heterocycles. The summed E-state index contributed by atoms with van der Waals surface area (Å²) in [6.07, 6.45) is 0. The summed E-state index contributed by atoms with van der Waals surface area (Å²) in [5, 5.41) is 0. The molecule has 0 heterocycles. The third kappa shape index (κ3) is 6.85. The van der Waals surface area contributed by atoms with Crippen molar-refractivity contribution in [3.63, 3.8) is 0 Å². The summed E-state index contributed by atoms with van der Waals surface area (Å²) in [5.41, 5.74) is 0. The monoisotopic (exact) mass is 317 g/mol. The van der Waals surface area contributed by atoms with Crippen LogP contribution in [0, 0.1) is 11.9 Å². The van der Waals surface area contributed by atoms with Gasteiger partial charge in [0.15, 0.2) is 0 Å².